The van der Waals surface area contributed by atoms with E-state index in [1.54, 1.807) is 18.4 Å². The molecule has 1 heterocycles. The molecule has 0 aliphatic rings. The van der Waals surface area contributed by atoms with Crippen molar-refractivity contribution < 1.29 is 0 Å². The fourth-order valence-electron chi connectivity index (χ4n) is 2.19. The smallest absolute Gasteiger partial charge is 0.191 e. The minimum Gasteiger partial charge on any atom is -0.356 e. The van der Waals surface area contributed by atoms with Crippen molar-refractivity contribution in [2.75, 3.05) is 13.6 Å². The maximum Gasteiger partial charge on any atom is 0.191 e. The van der Waals surface area contributed by atoms with E-state index in [1.807, 2.05) is 6.92 Å². The molecule has 0 amide bonds. The summed E-state index contributed by atoms with van der Waals surface area (Å²) in [7, 11) is 1.79. The minimum absolute atomic E-state index is 0.712. The lowest BCUT2D eigenvalue weighted by Crippen LogP contribution is -2.37. The Morgan fingerprint density at radius 1 is 1.23 bits per heavy atom. The second kappa shape index (κ2) is 7.94. The van der Waals surface area contributed by atoms with E-state index >= 15 is 0 Å². The molecule has 118 valence electrons. The quantitative estimate of drug-likeness (QED) is 0.658. The molecule has 0 aliphatic carbocycles. The van der Waals surface area contributed by atoms with Gasteiger partial charge in [0.2, 0.25) is 0 Å². The maximum absolute atomic E-state index is 4.53. The normalized spacial score (nSPS) is 11.5. The lowest BCUT2D eigenvalue weighted by Gasteiger charge is -2.11. The van der Waals surface area contributed by atoms with Gasteiger partial charge in [0.15, 0.2) is 5.96 Å². The lowest BCUT2D eigenvalue weighted by molar-refractivity contribution is 0.790. The van der Waals surface area contributed by atoms with Crippen LogP contribution < -0.4 is 10.6 Å². The number of rotatable bonds is 5. The van der Waals surface area contributed by atoms with Crippen molar-refractivity contribution in [3.63, 3.8) is 0 Å². The second-order valence-corrected chi connectivity index (χ2v) is 6.63. The lowest BCUT2D eigenvalue weighted by atomic mass is 10.1. The van der Waals surface area contributed by atoms with Crippen LogP contribution in [0.3, 0.4) is 0 Å². The molecule has 22 heavy (non-hydrogen) atoms. The molecule has 0 unspecified atom stereocenters. The molecule has 0 spiro atoms. The molecule has 2 rings (SSSR count). The average Bonchev–Trinajstić information content (AvgIpc) is 2.81. The van der Waals surface area contributed by atoms with E-state index < -0.39 is 0 Å². The Hall–Kier alpha value is -1.88. The summed E-state index contributed by atoms with van der Waals surface area (Å²) in [6, 6.07) is 8.60. The minimum atomic E-state index is 0.712. The van der Waals surface area contributed by atoms with Crippen molar-refractivity contribution in [1.82, 2.24) is 15.6 Å². The molecule has 0 radical (unpaired) electrons. The van der Waals surface area contributed by atoms with E-state index in [4.69, 9.17) is 0 Å². The summed E-state index contributed by atoms with van der Waals surface area (Å²) in [6.07, 6.45) is 0.984. The molecular formula is C17H24N4S. The van der Waals surface area contributed by atoms with Crippen LogP contribution in [0.4, 0.5) is 0 Å². The first-order valence-electron chi connectivity index (χ1n) is 7.51. The highest BCUT2D eigenvalue weighted by atomic mass is 32.1. The number of hydrogen-bond acceptors (Lipinski definition) is 3. The van der Waals surface area contributed by atoms with Crippen LogP contribution in [-0.2, 0) is 13.0 Å². The van der Waals surface area contributed by atoms with Crippen LogP contribution >= 0.6 is 11.3 Å². The standard InChI is InChI=1S/C17H24N4S/c1-12-6-5-7-15(10-12)8-9-19-17(18-4)20-11-16-21-13(2)14(3)22-16/h5-7,10H,8-9,11H2,1-4H3,(H2,18,19,20). The maximum atomic E-state index is 4.53. The van der Waals surface area contributed by atoms with Crippen LogP contribution in [0, 0.1) is 20.8 Å². The van der Waals surface area contributed by atoms with Crippen molar-refractivity contribution in [1.29, 1.82) is 0 Å². The van der Waals surface area contributed by atoms with E-state index in [2.05, 4.69) is 58.7 Å². The van der Waals surface area contributed by atoms with E-state index in [1.165, 1.54) is 16.0 Å². The van der Waals surface area contributed by atoms with Gasteiger partial charge in [-0.05, 0) is 32.8 Å². The summed E-state index contributed by atoms with van der Waals surface area (Å²) >= 11 is 1.73. The first-order chi connectivity index (χ1) is 10.6. The largest absolute Gasteiger partial charge is 0.356 e. The molecule has 0 saturated carbocycles. The zero-order chi connectivity index (χ0) is 15.9. The van der Waals surface area contributed by atoms with Gasteiger partial charge in [-0.15, -0.1) is 11.3 Å². The molecule has 4 nitrogen and oxygen atoms in total. The third-order valence-electron chi connectivity index (χ3n) is 3.49. The van der Waals surface area contributed by atoms with Crippen LogP contribution in [0.2, 0.25) is 0 Å². The molecule has 0 saturated heterocycles. The summed E-state index contributed by atoms with van der Waals surface area (Å²) in [6.45, 7) is 7.84. The van der Waals surface area contributed by atoms with Gasteiger partial charge in [-0.1, -0.05) is 29.8 Å². The molecule has 0 bridgehead atoms. The summed E-state index contributed by atoms with van der Waals surface area (Å²) in [5, 5.41) is 7.75. The average molecular weight is 316 g/mol. The highest BCUT2D eigenvalue weighted by Gasteiger charge is 2.04. The predicted octanol–water partition coefficient (Wildman–Crippen LogP) is 2.98. The zero-order valence-corrected chi connectivity index (χ0v) is 14.5. The number of aryl methyl sites for hydroxylation is 3. The van der Waals surface area contributed by atoms with Crippen LogP contribution in [0.1, 0.15) is 26.7 Å². The molecule has 0 atom stereocenters. The molecule has 2 aromatic rings. The fourth-order valence-corrected chi connectivity index (χ4v) is 3.06. The zero-order valence-electron chi connectivity index (χ0n) is 13.7. The molecular weight excluding hydrogens is 292 g/mol. The van der Waals surface area contributed by atoms with Gasteiger partial charge in [0.1, 0.15) is 5.01 Å². The van der Waals surface area contributed by atoms with Gasteiger partial charge in [-0.25, -0.2) is 4.98 Å². The Bertz CT molecular complexity index is 626. The van der Waals surface area contributed by atoms with Gasteiger partial charge >= 0.3 is 0 Å². The number of nitrogens with one attached hydrogen (secondary N) is 2. The molecule has 1 aromatic carbocycles. The van der Waals surface area contributed by atoms with Crippen LogP contribution in [0.5, 0.6) is 0 Å². The van der Waals surface area contributed by atoms with Gasteiger partial charge in [0, 0.05) is 18.5 Å². The number of benzene rings is 1. The van der Waals surface area contributed by atoms with Crippen molar-refractivity contribution >= 4 is 17.3 Å². The summed E-state index contributed by atoms with van der Waals surface area (Å²) < 4.78 is 0. The summed E-state index contributed by atoms with van der Waals surface area (Å²) in [5.74, 6) is 0.818. The molecule has 2 N–H and O–H groups in total. The first kappa shape index (κ1) is 16.5. The predicted molar refractivity (Wildman–Crippen MR) is 94.7 cm³/mol. The Kier molecular flexibility index (Phi) is 5.95. The Morgan fingerprint density at radius 2 is 2.05 bits per heavy atom. The van der Waals surface area contributed by atoms with Gasteiger partial charge in [-0.3, -0.25) is 4.99 Å². The van der Waals surface area contributed by atoms with E-state index in [0.29, 0.717) is 6.54 Å². The summed E-state index contributed by atoms with van der Waals surface area (Å²) in [4.78, 5) is 10.1. The Labute approximate surface area is 136 Å². The van der Waals surface area contributed by atoms with Crippen molar-refractivity contribution in [2.24, 2.45) is 4.99 Å². The van der Waals surface area contributed by atoms with Crippen LogP contribution in [0.15, 0.2) is 29.3 Å². The van der Waals surface area contributed by atoms with E-state index in [0.717, 1.165) is 29.6 Å². The van der Waals surface area contributed by atoms with Crippen LogP contribution in [0.25, 0.3) is 0 Å². The Morgan fingerprint density at radius 3 is 2.68 bits per heavy atom. The van der Waals surface area contributed by atoms with Gasteiger partial charge in [0.25, 0.3) is 0 Å². The highest BCUT2D eigenvalue weighted by Crippen LogP contribution is 2.15. The van der Waals surface area contributed by atoms with Gasteiger partial charge in [-0.2, -0.15) is 0 Å². The van der Waals surface area contributed by atoms with Crippen LogP contribution in [-0.4, -0.2) is 24.5 Å². The van der Waals surface area contributed by atoms with Gasteiger partial charge in [0.05, 0.1) is 12.2 Å². The third kappa shape index (κ3) is 4.84. The number of thiazole rings is 1. The van der Waals surface area contributed by atoms with Crippen molar-refractivity contribution in [3.8, 4) is 0 Å². The first-order valence-corrected chi connectivity index (χ1v) is 8.33. The highest BCUT2D eigenvalue weighted by molar-refractivity contribution is 7.11. The second-order valence-electron chi connectivity index (χ2n) is 5.34. The SMILES string of the molecule is CN=C(NCCc1cccc(C)c1)NCc1nc(C)c(C)s1. The van der Waals surface area contributed by atoms with Gasteiger partial charge < -0.3 is 10.6 Å². The number of nitrogens with zero attached hydrogens (tertiary/aromatic N) is 2. The van der Waals surface area contributed by atoms with Crippen molar-refractivity contribution in [2.45, 2.75) is 33.7 Å². The molecule has 5 heteroatoms. The van der Waals surface area contributed by atoms with E-state index in [-0.39, 0.29) is 0 Å². The van der Waals surface area contributed by atoms with E-state index in [9.17, 15) is 0 Å². The third-order valence-corrected chi connectivity index (χ3v) is 4.56. The number of hydrogen-bond donors (Lipinski definition) is 2. The van der Waals surface area contributed by atoms with Crippen molar-refractivity contribution in [3.05, 3.63) is 51.0 Å². The number of aliphatic imine (C=N–C) groups is 1. The molecule has 1 aromatic heterocycles. The molecule has 0 fully saturated rings. The molecule has 0 aliphatic heterocycles. The number of guanidine groups is 1. The Balaban J connectivity index is 1.78. The monoisotopic (exact) mass is 316 g/mol. The fraction of sp³-hybridized carbons (Fsp3) is 0.412. The summed E-state index contributed by atoms with van der Waals surface area (Å²) in [5.41, 5.74) is 3.76. The number of aromatic nitrogens is 1. The topological polar surface area (TPSA) is 49.3 Å².